The number of nitrogens with zero attached hydrogens (tertiary/aromatic N) is 6. The number of fused-ring (bicyclic) bond motifs is 5. The lowest BCUT2D eigenvalue weighted by Gasteiger charge is -2.23. The van der Waals surface area contributed by atoms with Crippen molar-refractivity contribution < 1.29 is 4.39 Å². The zero-order valence-electron chi connectivity index (χ0n) is 18.2. The van der Waals surface area contributed by atoms with Crippen molar-refractivity contribution in [3.8, 4) is 28.3 Å². The molecule has 2 aliphatic heterocycles. The van der Waals surface area contributed by atoms with Gasteiger partial charge in [0.2, 0.25) is 0 Å². The summed E-state index contributed by atoms with van der Waals surface area (Å²) in [6, 6.07) is 16.0. The fourth-order valence-corrected chi connectivity index (χ4v) is 4.90. The summed E-state index contributed by atoms with van der Waals surface area (Å²) in [5.74, 6) is 0.591. The third kappa shape index (κ3) is 3.12. The van der Waals surface area contributed by atoms with E-state index in [4.69, 9.17) is 0 Å². The van der Waals surface area contributed by atoms with Crippen molar-refractivity contribution in [3.05, 3.63) is 72.4 Å². The summed E-state index contributed by atoms with van der Waals surface area (Å²) >= 11 is 0. The number of benzene rings is 2. The Morgan fingerprint density at radius 1 is 1.03 bits per heavy atom. The topological polar surface area (TPSA) is 42.1 Å². The van der Waals surface area contributed by atoms with Gasteiger partial charge in [0.05, 0.1) is 11.4 Å². The molecule has 162 valence electrons. The van der Waals surface area contributed by atoms with Crippen molar-refractivity contribution >= 4 is 5.69 Å². The van der Waals surface area contributed by atoms with E-state index >= 15 is 0 Å². The monoisotopic (exact) mass is 428 g/mol. The maximum atomic E-state index is 13.4. The molecule has 0 aliphatic carbocycles. The zero-order valence-corrected chi connectivity index (χ0v) is 18.2. The minimum atomic E-state index is -0.228. The average Bonchev–Trinajstić information content (AvgIpc) is 3.53. The molecule has 6 rings (SSSR count). The van der Waals surface area contributed by atoms with Crippen LogP contribution in [-0.4, -0.2) is 57.5 Å². The maximum absolute atomic E-state index is 13.4. The lowest BCUT2D eigenvalue weighted by Crippen LogP contribution is -2.31. The van der Waals surface area contributed by atoms with Gasteiger partial charge < -0.3 is 14.4 Å². The van der Waals surface area contributed by atoms with Crippen molar-refractivity contribution in [1.82, 2.24) is 24.2 Å². The van der Waals surface area contributed by atoms with Gasteiger partial charge in [0, 0.05) is 43.1 Å². The Bertz CT molecular complexity index is 1290. The van der Waals surface area contributed by atoms with E-state index in [1.54, 1.807) is 6.33 Å². The summed E-state index contributed by atoms with van der Waals surface area (Å²) < 4.78 is 17.6. The minimum absolute atomic E-state index is 0.228. The molecule has 4 heterocycles. The molecule has 6 nitrogen and oxygen atoms in total. The molecule has 7 heteroatoms. The van der Waals surface area contributed by atoms with Gasteiger partial charge in [0.1, 0.15) is 12.1 Å². The molecule has 0 saturated carbocycles. The van der Waals surface area contributed by atoms with E-state index in [9.17, 15) is 4.39 Å². The van der Waals surface area contributed by atoms with E-state index in [1.807, 2.05) is 16.8 Å². The molecule has 32 heavy (non-hydrogen) atoms. The molecule has 0 radical (unpaired) electrons. The van der Waals surface area contributed by atoms with Crippen LogP contribution in [0.2, 0.25) is 0 Å². The lowest BCUT2D eigenvalue weighted by molar-refractivity contribution is 0.315. The number of halogens is 1. The summed E-state index contributed by atoms with van der Waals surface area (Å²) in [6.45, 7) is 2.85. The Labute approximate surface area is 186 Å². The molecule has 2 aromatic heterocycles. The van der Waals surface area contributed by atoms with Gasteiger partial charge in [-0.1, -0.05) is 12.1 Å². The fourth-order valence-electron chi connectivity index (χ4n) is 4.90. The van der Waals surface area contributed by atoms with Crippen molar-refractivity contribution in [3.63, 3.8) is 0 Å². The second kappa shape index (κ2) is 7.31. The van der Waals surface area contributed by atoms with Crippen molar-refractivity contribution in [2.45, 2.75) is 19.0 Å². The number of aromatic nitrogens is 4. The van der Waals surface area contributed by atoms with Crippen molar-refractivity contribution in [1.29, 1.82) is 0 Å². The van der Waals surface area contributed by atoms with Gasteiger partial charge in [-0.3, -0.25) is 0 Å². The minimum Gasteiger partial charge on any atom is -0.370 e. The van der Waals surface area contributed by atoms with Crippen LogP contribution in [0.15, 0.2) is 61.1 Å². The third-order valence-electron chi connectivity index (χ3n) is 6.74. The van der Waals surface area contributed by atoms with Gasteiger partial charge in [-0.2, -0.15) is 5.10 Å². The molecule has 1 atom stereocenters. The van der Waals surface area contributed by atoms with Crippen LogP contribution in [0.25, 0.3) is 28.3 Å². The normalized spacial score (nSPS) is 17.2. The second-order valence-corrected chi connectivity index (χ2v) is 8.91. The highest BCUT2D eigenvalue weighted by molar-refractivity contribution is 5.71. The Balaban J connectivity index is 1.41. The maximum Gasteiger partial charge on any atom is 0.179 e. The molecule has 4 aromatic rings. The lowest BCUT2D eigenvalue weighted by atomic mass is 10.1. The highest BCUT2D eigenvalue weighted by Gasteiger charge is 2.26. The van der Waals surface area contributed by atoms with Crippen LogP contribution in [0.1, 0.15) is 12.0 Å². The summed E-state index contributed by atoms with van der Waals surface area (Å²) in [5.41, 5.74) is 6.57. The van der Waals surface area contributed by atoms with Crippen LogP contribution in [0.5, 0.6) is 0 Å². The Kier molecular flexibility index (Phi) is 4.40. The number of hydrogen-bond donors (Lipinski definition) is 0. The van der Waals surface area contributed by atoms with Crippen LogP contribution >= 0.6 is 0 Å². The summed E-state index contributed by atoms with van der Waals surface area (Å²) in [7, 11) is 4.31. The number of anilines is 1. The third-order valence-corrected chi connectivity index (χ3v) is 6.74. The Hall–Kier alpha value is -3.45. The molecular weight excluding hydrogens is 403 g/mol. The fraction of sp³-hybridized carbons (Fsp3) is 0.280. The first-order valence-corrected chi connectivity index (χ1v) is 11.0. The van der Waals surface area contributed by atoms with Gasteiger partial charge in [-0.25, -0.2) is 14.1 Å². The van der Waals surface area contributed by atoms with Gasteiger partial charge >= 0.3 is 0 Å². The quantitative estimate of drug-likeness (QED) is 0.435. The van der Waals surface area contributed by atoms with E-state index in [0.717, 1.165) is 48.0 Å². The summed E-state index contributed by atoms with van der Waals surface area (Å²) in [5, 5.41) is 4.54. The molecule has 0 spiro atoms. The van der Waals surface area contributed by atoms with E-state index in [1.165, 1.54) is 29.8 Å². The number of rotatable bonds is 3. The van der Waals surface area contributed by atoms with Gasteiger partial charge in [0.15, 0.2) is 5.82 Å². The van der Waals surface area contributed by atoms with Crippen LogP contribution in [0, 0.1) is 5.82 Å². The molecular formula is C25H25FN6. The van der Waals surface area contributed by atoms with Crippen molar-refractivity contribution in [2.75, 3.05) is 32.1 Å². The largest absolute Gasteiger partial charge is 0.370 e. The van der Waals surface area contributed by atoms with Crippen LogP contribution in [0.3, 0.4) is 0 Å². The van der Waals surface area contributed by atoms with E-state index in [-0.39, 0.29) is 5.82 Å². The van der Waals surface area contributed by atoms with E-state index < -0.39 is 0 Å². The predicted molar refractivity (Wildman–Crippen MR) is 124 cm³/mol. The first kappa shape index (κ1) is 19.3. The molecule has 2 aromatic carbocycles. The van der Waals surface area contributed by atoms with Gasteiger partial charge in [-0.05, 0) is 68.0 Å². The zero-order chi connectivity index (χ0) is 21.8. The second-order valence-electron chi connectivity index (χ2n) is 8.91. The number of hydrogen-bond acceptors (Lipinski definition) is 4. The van der Waals surface area contributed by atoms with E-state index in [0.29, 0.717) is 6.04 Å². The van der Waals surface area contributed by atoms with Crippen LogP contribution < -0.4 is 4.90 Å². The SMILES string of the molecule is CN(C)C1CCN(c2ccc3c(c2)Cn2cc(-c4ccc(F)cc4)cc2-c2ncnn2-3)C1. The van der Waals surface area contributed by atoms with Crippen molar-refractivity contribution in [2.24, 2.45) is 0 Å². The molecule has 1 unspecified atom stereocenters. The molecule has 2 aliphatic rings. The Morgan fingerprint density at radius 2 is 1.88 bits per heavy atom. The predicted octanol–water partition coefficient (Wildman–Crippen LogP) is 4.04. The van der Waals surface area contributed by atoms with Crippen LogP contribution in [0.4, 0.5) is 10.1 Å². The number of likely N-dealkylation sites (N-methyl/N-ethyl adjacent to an activating group) is 1. The average molecular weight is 429 g/mol. The summed E-state index contributed by atoms with van der Waals surface area (Å²) in [6.07, 6.45) is 4.91. The van der Waals surface area contributed by atoms with Crippen LogP contribution in [-0.2, 0) is 6.54 Å². The molecule has 1 fully saturated rings. The molecule has 1 saturated heterocycles. The molecule has 0 N–H and O–H groups in total. The first-order chi connectivity index (χ1) is 15.6. The van der Waals surface area contributed by atoms with Gasteiger partial charge in [0.25, 0.3) is 0 Å². The summed E-state index contributed by atoms with van der Waals surface area (Å²) in [4.78, 5) is 9.35. The van der Waals surface area contributed by atoms with E-state index in [2.05, 4.69) is 69.0 Å². The first-order valence-electron chi connectivity index (χ1n) is 11.0. The highest BCUT2D eigenvalue weighted by Crippen LogP contribution is 2.35. The standard InChI is InChI=1S/C25H25FN6/c1-29(2)22-9-10-30(15-22)21-7-8-23-19(11-21)14-31-13-18(17-3-5-20(26)6-4-17)12-24(31)25-27-16-28-32(23)25/h3-8,11-13,16,22H,9-10,14-15H2,1-2H3. The van der Waals surface area contributed by atoms with Gasteiger partial charge in [-0.15, -0.1) is 0 Å². The molecule has 0 amide bonds. The Morgan fingerprint density at radius 3 is 2.66 bits per heavy atom. The smallest absolute Gasteiger partial charge is 0.179 e. The highest BCUT2D eigenvalue weighted by atomic mass is 19.1. The molecule has 0 bridgehead atoms.